The van der Waals surface area contributed by atoms with Crippen molar-refractivity contribution in [3.05, 3.63) is 33.8 Å². The number of aliphatic hydroxyl groups excluding tert-OH is 1. The van der Waals surface area contributed by atoms with Crippen molar-refractivity contribution in [2.45, 2.75) is 51.0 Å². The Hall–Kier alpha value is -0.280. The summed E-state index contributed by atoms with van der Waals surface area (Å²) in [6.07, 6.45) is 7.41. The first-order chi connectivity index (χ1) is 9.59. The smallest absolute Gasteiger partial charge is 0.0858 e. The molecule has 0 spiro atoms. The van der Waals surface area contributed by atoms with E-state index in [4.69, 9.17) is 28.9 Å². The molecule has 3 N–H and O–H groups in total. The standard InChI is InChI=1S/C16H23Cl2NO/c17-13-7-6-12(10-14(13)18)15(20)16(11-19)8-4-2-1-3-5-9-16/h6-7,10,15,20H,1-5,8-9,11,19H2. The zero-order valence-electron chi connectivity index (χ0n) is 11.7. The summed E-state index contributed by atoms with van der Waals surface area (Å²) in [6, 6.07) is 5.37. The van der Waals surface area contributed by atoms with Crippen molar-refractivity contribution in [3.63, 3.8) is 0 Å². The van der Waals surface area contributed by atoms with Gasteiger partial charge in [-0.15, -0.1) is 0 Å². The number of hydrogen-bond donors (Lipinski definition) is 2. The Kier molecular flexibility index (Phi) is 5.74. The maximum Gasteiger partial charge on any atom is 0.0858 e. The summed E-state index contributed by atoms with van der Waals surface area (Å²) in [5, 5.41) is 11.8. The predicted octanol–water partition coefficient (Wildman–Crippen LogP) is 4.72. The van der Waals surface area contributed by atoms with Crippen LogP contribution < -0.4 is 5.73 Å². The topological polar surface area (TPSA) is 46.2 Å². The highest BCUT2D eigenvalue weighted by Gasteiger charge is 2.37. The quantitative estimate of drug-likeness (QED) is 0.848. The number of nitrogens with two attached hydrogens (primary N) is 1. The summed E-state index contributed by atoms with van der Waals surface area (Å²) in [7, 11) is 0. The SMILES string of the molecule is NCC1(C(O)c2ccc(Cl)c(Cl)c2)CCCCCCC1. The van der Waals surface area contributed by atoms with E-state index < -0.39 is 6.10 Å². The first-order valence-electron chi connectivity index (χ1n) is 7.42. The van der Waals surface area contributed by atoms with Gasteiger partial charge in [0.1, 0.15) is 0 Å². The van der Waals surface area contributed by atoms with E-state index in [0.717, 1.165) is 31.2 Å². The Morgan fingerprint density at radius 2 is 1.65 bits per heavy atom. The first kappa shape index (κ1) is 16.1. The maximum atomic E-state index is 10.8. The third kappa shape index (κ3) is 3.48. The molecule has 0 aliphatic heterocycles. The number of benzene rings is 1. The first-order valence-corrected chi connectivity index (χ1v) is 8.18. The second kappa shape index (κ2) is 7.13. The summed E-state index contributed by atoms with van der Waals surface area (Å²) in [5.41, 5.74) is 6.65. The summed E-state index contributed by atoms with van der Waals surface area (Å²) >= 11 is 12.0. The van der Waals surface area contributed by atoms with Crippen molar-refractivity contribution in [1.82, 2.24) is 0 Å². The Morgan fingerprint density at radius 3 is 2.20 bits per heavy atom. The third-order valence-corrected chi connectivity index (χ3v) is 5.33. The molecule has 0 bridgehead atoms. The normalized spacial score (nSPS) is 21.0. The molecule has 0 heterocycles. The van der Waals surface area contributed by atoms with Crippen LogP contribution in [0, 0.1) is 5.41 Å². The average molecular weight is 316 g/mol. The summed E-state index contributed by atoms with van der Waals surface area (Å²) in [6.45, 7) is 0.508. The van der Waals surface area contributed by atoms with E-state index in [9.17, 15) is 5.11 Å². The Bertz CT molecular complexity index is 442. The Balaban J connectivity index is 2.25. The van der Waals surface area contributed by atoms with Crippen molar-refractivity contribution < 1.29 is 5.11 Å². The molecule has 1 atom stereocenters. The van der Waals surface area contributed by atoms with Gasteiger partial charge in [0, 0.05) is 12.0 Å². The van der Waals surface area contributed by atoms with Gasteiger partial charge in [-0.1, -0.05) is 61.4 Å². The van der Waals surface area contributed by atoms with Crippen molar-refractivity contribution >= 4 is 23.2 Å². The average Bonchev–Trinajstić information content (AvgIpc) is 2.42. The van der Waals surface area contributed by atoms with Gasteiger partial charge in [-0.05, 0) is 30.5 Å². The highest BCUT2D eigenvalue weighted by molar-refractivity contribution is 6.42. The molecular formula is C16H23Cl2NO. The fraction of sp³-hybridized carbons (Fsp3) is 0.625. The van der Waals surface area contributed by atoms with E-state index in [1.54, 1.807) is 12.1 Å². The molecule has 4 heteroatoms. The fourth-order valence-electron chi connectivity index (χ4n) is 3.23. The molecule has 20 heavy (non-hydrogen) atoms. The molecule has 2 nitrogen and oxygen atoms in total. The van der Waals surface area contributed by atoms with Crippen molar-refractivity contribution in [3.8, 4) is 0 Å². The highest BCUT2D eigenvalue weighted by Crippen LogP contribution is 2.44. The lowest BCUT2D eigenvalue weighted by Crippen LogP contribution is -2.37. The minimum absolute atomic E-state index is 0.225. The van der Waals surface area contributed by atoms with Gasteiger partial charge in [0.25, 0.3) is 0 Å². The number of aliphatic hydroxyl groups is 1. The molecule has 0 radical (unpaired) electrons. The van der Waals surface area contributed by atoms with Gasteiger partial charge in [-0.3, -0.25) is 0 Å². The van der Waals surface area contributed by atoms with Gasteiger partial charge < -0.3 is 10.8 Å². The molecule has 1 aromatic rings. The molecule has 112 valence electrons. The maximum absolute atomic E-state index is 10.8. The van der Waals surface area contributed by atoms with Crippen molar-refractivity contribution in [1.29, 1.82) is 0 Å². The van der Waals surface area contributed by atoms with Crippen LogP contribution in [0.25, 0.3) is 0 Å². The van der Waals surface area contributed by atoms with Gasteiger partial charge in [-0.2, -0.15) is 0 Å². The summed E-state index contributed by atoms with van der Waals surface area (Å²) < 4.78 is 0. The number of hydrogen-bond acceptors (Lipinski definition) is 2. The van der Waals surface area contributed by atoms with Crippen LogP contribution in [0.2, 0.25) is 10.0 Å². The van der Waals surface area contributed by atoms with E-state index >= 15 is 0 Å². The van der Waals surface area contributed by atoms with E-state index in [0.29, 0.717) is 16.6 Å². The molecule has 1 aliphatic carbocycles. The van der Waals surface area contributed by atoms with Crippen molar-refractivity contribution in [2.24, 2.45) is 11.1 Å². The van der Waals surface area contributed by atoms with Gasteiger partial charge in [0.2, 0.25) is 0 Å². The van der Waals surface area contributed by atoms with Gasteiger partial charge in [0.15, 0.2) is 0 Å². The summed E-state index contributed by atoms with van der Waals surface area (Å²) in [5.74, 6) is 0. The number of rotatable bonds is 3. The third-order valence-electron chi connectivity index (χ3n) is 4.60. The van der Waals surface area contributed by atoms with Gasteiger partial charge in [-0.25, -0.2) is 0 Å². The fourth-order valence-corrected chi connectivity index (χ4v) is 3.54. The van der Waals surface area contributed by atoms with Gasteiger partial charge >= 0.3 is 0 Å². The molecule has 1 fully saturated rings. The van der Waals surface area contributed by atoms with Crippen LogP contribution in [-0.2, 0) is 0 Å². The molecule has 1 saturated carbocycles. The van der Waals surface area contributed by atoms with Crippen LogP contribution in [0.4, 0.5) is 0 Å². The van der Waals surface area contributed by atoms with Crippen LogP contribution in [0.3, 0.4) is 0 Å². The molecule has 1 aliphatic rings. The lowest BCUT2D eigenvalue weighted by Gasteiger charge is -2.39. The molecule has 2 rings (SSSR count). The van der Waals surface area contributed by atoms with E-state index in [2.05, 4.69) is 0 Å². The predicted molar refractivity (Wildman–Crippen MR) is 85.2 cm³/mol. The lowest BCUT2D eigenvalue weighted by molar-refractivity contribution is 0.00849. The minimum Gasteiger partial charge on any atom is -0.388 e. The number of halogens is 2. The van der Waals surface area contributed by atoms with Crippen LogP contribution in [0.5, 0.6) is 0 Å². The second-order valence-corrected chi connectivity index (χ2v) is 6.72. The zero-order chi connectivity index (χ0) is 14.6. The second-order valence-electron chi connectivity index (χ2n) is 5.91. The molecule has 0 amide bonds. The van der Waals surface area contributed by atoms with Crippen molar-refractivity contribution in [2.75, 3.05) is 6.54 Å². The molecule has 0 aromatic heterocycles. The monoisotopic (exact) mass is 315 g/mol. The highest BCUT2D eigenvalue weighted by atomic mass is 35.5. The van der Waals surface area contributed by atoms with E-state index in [-0.39, 0.29) is 5.41 Å². The van der Waals surface area contributed by atoms with Crippen LogP contribution >= 0.6 is 23.2 Å². The van der Waals surface area contributed by atoms with E-state index in [1.165, 1.54) is 19.3 Å². The minimum atomic E-state index is -0.569. The van der Waals surface area contributed by atoms with E-state index in [1.807, 2.05) is 6.07 Å². The van der Waals surface area contributed by atoms with Crippen LogP contribution in [0.1, 0.15) is 56.6 Å². The Morgan fingerprint density at radius 1 is 1.05 bits per heavy atom. The van der Waals surface area contributed by atoms with Gasteiger partial charge in [0.05, 0.1) is 16.1 Å². The Labute approximate surface area is 131 Å². The van der Waals surface area contributed by atoms with Crippen LogP contribution in [-0.4, -0.2) is 11.7 Å². The zero-order valence-corrected chi connectivity index (χ0v) is 13.3. The molecule has 0 saturated heterocycles. The van der Waals surface area contributed by atoms with Crippen LogP contribution in [0.15, 0.2) is 18.2 Å². The molecule has 1 unspecified atom stereocenters. The lowest BCUT2D eigenvalue weighted by atomic mass is 9.70. The molecular weight excluding hydrogens is 293 g/mol. The molecule has 1 aromatic carbocycles. The summed E-state index contributed by atoms with van der Waals surface area (Å²) in [4.78, 5) is 0. The largest absolute Gasteiger partial charge is 0.388 e.